The zero-order valence-electron chi connectivity index (χ0n) is 17.6. The van der Waals surface area contributed by atoms with Crippen LogP contribution in [0.5, 0.6) is 0 Å². The van der Waals surface area contributed by atoms with Gasteiger partial charge in [0.25, 0.3) is 0 Å². The lowest BCUT2D eigenvalue weighted by Gasteiger charge is -2.38. The number of nitrogens with zero attached hydrogens (tertiary/aromatic N) is 1. The van der Waals surface area contributed by atoms with Gasteiger partial charge in [-0.25, -0.2) is 0 Å². The third-order valence-corrected chi connectivity index (χ3v) is 5.70. The first-order valence-corrected chi connectivity index (χ1v) is 10.3. The average molecular weight is 352 g/mol. The molecular formula is C22H41NO2. The zero-order valence-corrected chi connectivity index (χ0v) is 17.6. The van der Waals surface area contributed by atoms with Gasteiger partial charge in [-0.15, -0.1) is 0 Å². The number of carbonyl (C=O) groups is 2. The van der Waals surface area contributed by atoms with Gasteiger partial charge in [-0.2, -0.15) is 0 Å². The maximum atomic E-state index is 12.3. The van der Waals surface area contributed by atoms with Crippen molar-refractivity contribution in [2.75, 3.05) is 13.1 Å². The van der Waals surface area contributed by atoms with E-state index in [-0.39, 0.29) is 5.41 Å². The molecule has 0 N–H and O–H groups in total. The van der Waals surface area contributed by atoms with E-state index >= 15 is 0 Å². The van der Waals surface area contributed by atoms with Crippen LogP contribution in [0.4, 0.5) is 0 Å². The number of unbranched alkanes of at least 4 members (excludes halogenated alkanes) is 4. The van der Waals surface area contributed by atoms with Crippen molar-refractivity contribution in [1.82, 2.24) is 4.90 Å². The maximum absolute atomic E-state index is 12.3. The van der Waals surface area contributed by atoms with Crippen LogP contribution in [0.25, 0.3) is 0 Å². The van der Waals surface area contributed by atoms with Crippen LogP contribution in [-0.4, -0.2) is 29.7 Å². The average Bonchev–Trinajstić information content (AvgIpc) is 2.51. The van der Waals surface area contributed by atoms with Crippen LogP contribution in [0.1, 0.15) is 99.3 Å². The van der Waals surface area contributed by atoms with Crippen LogP contribution in [-0.2, 0) is 9.59 Å². The molecule has 0 atom stereocenters. The van der Waals surface area contributed by atoms with Gasteiger partial charge in [0.15, 0.2) is 0 Å². The fourth-order valence-electron chi connectivity index (χ4n) is 3.62. The summed E-state index contributed by atoms with van der Waals surface area (Å²) in [6, 6.07) is 0. The quantitative estimate of drug-likeness (QED) is 0.532. The number of ketones is 1. The minimum atomic E-state index is -0.202. The summed E-state index contributed by atoms with van der Waals surface area (Å²) in [5.74, 6) is 1.45. The number of hydrogen-bond donors (Lipinski definition) is 0. The van der Waals surface area contributed by atoms with E-state index in [1.54, 1.807) is 0 Å². The number of likely N-dealkylation sites (tertiary alicyclic amines) is 1. The fourth-order valence-corrected chi connectivity index (χ4v) is 3.62. The molecule has 0 aromatic rings. The van der Waals surface area contributed by atoms with Crippen molar-refractivity contribution in [3.63, 3.8) is 0 Å². The molecule has 0 aromatic carbocycles. The van der Waals surface area contributed by atoms with Crippen LogP contribution in [0.15, 0.2) is 0 Å². The van der Waals surface area contributed by atoms with Crippen molar-refractivity contribution in [3.8, 4) is 0 Å². The van der Waals surface area contributed by atoms with E-state index in [1.165, 1.54) is 0 Å². The van der Waals surface area contributed by atoms with Crippen LogP contribution < -0.4 is 0 Å². The van der Waals surface area contributed by atoms with Gasteiger partial charge >= 0.3 is 0 Å². The summed E-state index contributed by atoms with van der Waals surface area (Å²) in [6.45, 7) is 14.8. The lowest BCUT2D eigenvalue weighted by molar-refractivity contribution is -0.133. The van der Waals surface area contributed by atoms with Crippen molar-refractivity contribution >= 4 is 11.7 Å². The highest BCUT2D eigenvalue weighted by Gasteiger charge is 2.30. The summed E-state index contributed by atoms with van der Waals surface area (Å²) in [7, 11) is 0. The van der Waals surface area contributed by atoms with Gasteiger partial charge in [-0.1, -0.05) is 60.8 Å². The molecule has 0 radical (unpaired) electrons. The van der Waals surface area contributed by atoms with E-state index in [0.29, 0.717) is 29.9 Å². The van der Waals surface area contributed by atoms with Crippen LogP contribution >= 0.6 is 0 Å². The number of piperidine rings is 1. The number of Topliss-reactive ketones (excluding diaryl/α,β-unsaturated/α-hetero) is 1. The topological polar surface area (TPSA) is 37.4 Å². The second kappa shape index (κ2) is 9.73. The molecule has 0 bridgehead atoms. The first-order chi connectivity index (χ1) is 11.5. The smallest absolute Gasteiger partial charge is 0.222 e. The molecule has 146 valence electrons. The molecular weight excluding hydrogens is 310 g/mol. The number of hydrogen-bond acceptors (Lipinski definition) is 2. The van der Waals surface area contributed by atoms with Gasteiger partial charge in [0.05, 0.1) is 0 Å². The third-order valence-electron chi connectivity index (χ3n) is 5.70. The second-order valence-electron chi connectivity index (χ2n) is 9.96. The minimum Gasteiger partial charge on any atom is -0.343 e. The molecule has 0 saturated carbocycles. The van der Waals surface area contributed by atoms with E-state index in [0.717, 1.165) is 64.0 Å². The zero-order chi connectivity index (χ0) is 19.1. The first kappa shape index (κ1) is 22.2. The Morgan fingerprint density at radius 1 is 0.800 bits per heavy atom. The standard InChI is InChI=1S/C22H41NO2/c1-21(2,3)18-14-16-23(17-15-18)20(25)13-11-9-7-8-10-12-19(24)22(4,5)6/h18H,7-17H2,1-6H3. The van der Waals surface area contributed by atoms with Crippen molar-refractivity contribution in [1.29, 1.82) is 0 Å². The molecule has 1 aliphatic rings. The first-order valence-electron chi connectivity index (χ1n) is 10.3. The molecule has 1 saturated heterocycles. The summed E-state index contributed by atoms with van der Waals surface area (Å²) in [4.78, 5) is 26.3. The molecule has 1 heterocycles. The third kappa shape index (κ3) is 8.37. The van der Waals surface area contributed by atoms with E-state index in [1.807, 2.05) is 20.8 Å². The van der Waals surface area contributed by atoms with Crippen molar-refractivity contribution in [2.24, 2.45) is 16.7 Å². The van der Waals surface area contributed by atoms with Crippen LogP contribution in [0, 0.1) is 16.7 Å². The highest BCUT2D eigenvalue weighted by Crippen LogP contribution is 2.34. The molecule has 0 spiro atoms. The number of rotatable bonds is 8. The summed E-state index contributed by atoms with van der Waals surface area (Å²) in [5.41, 5.74) is 0.163. The van der Waals surface area contributed by atoms with Gasteiger partial charge in [0.2, 0.25) is 5.91 Å². The SMILES string of the molecule is CC(C)(C)C(=O)CCCCCCCC(=O)N1CCC(C(C)(C)C)CC1. The Kier molecular flexibility index (Phi) is 8.63. The van der Waals surface area contributed by atoms with Gasteiger partial charge in [-0.05, 0) is 37.0 Å². The molecule has 0 aliphatic carbocycles. The van der Waals surface area contributed by atoms with Crippen LogP contribution in [0.3, 0.4) is 0 Å². The summed E-state index contributed by atoms with van der Waals surface area (Å²) in [5, 5.41) is 0. The van der Waals surface area contributed by atoms with Gasteiger partial charge in [0, 0.05) is 31.3 Å². The molecule has 1 aliphatic heterocycles. The molecule has 3 heteroatoms. The van der Waals surface area contributed by atoms with Crippen LogP contribution in [0.2, 0.25) is 0 Å². The predicted octanol–water partition coefficient (Wildman–Crippen LogP) is 5.62. The van der Waals surface area contributed by atoms with E-state index < -0.39 is 0 Å². The Hall–Kier alpha value is -0.860. The highest BCUT2D eigenvalue weighted by atomic mass is 16.2. The largest absolute Gasteiger partial charge is 0.343 e. The normalized spacial score (nSPS) is 17.0. The minimum absolute atomic E-state index is 0.202. The number of carbonyl (C=O) groups excluding carboxylic acids is 2. The summed E-state index contributed by atoms with van der Waals surface area (Å²) >= 11 is 0. The van der Waals surface area contributed by atoms with Crippen molar-refractivity contribution in [2.45, 2.75) is 99.3 Å². The van der Waals surface area contributed by atoms with E-state index in [9.17, 15) is 9.59 Å². The second-order valence-corrected chi connectivity index (χ2v) is 9.96. The maximum Gasteiger partial charge on any atom is 0.222 e. The molecule has 1 fully saturated rings. The lowest BCUT2D eigenvalue weighted by Crippen LogP contribution is -2.41. The molecule has 1 amide bonds. The lowest BCUT2D eigenvalue weighted by atomic mass is 9.75. The molecule has 25 heavy (non-hydrogen) atoms. The molecule has 1 rings (SSSR count). The highest BCUT2D eigenvalue weighted by molar-refractivity contribution is 5.83. The Morgan fingerprint density at radius 2 is 1.28 bits per heavy atom. The van der Waals surface area contributed by atoms with Crippen molar-refractivity contribution in [3.05, 3.63) is 0 Å². The van der Waals surface area contributed by atoms with Gasteiger partial charge < -0.3 is 4.90 Å². The molecule has 0 unspecified atom stereocenters. The monoisotopic (exact) mass is 351 g/mol. The Bertz CT molecular complexity index is 420. The fraction of sp³-hybridized carbons (Fsp3) is 0.909. The van der Waals surface area contributed by atoms with Crippen molar-refractivity contribution < 1.29 is 9.59 Å². The Morgan fingerprint density at radius 3 is 1.76 bits per heavy atom. The summed E-state index contributed by atoms with van der Waals surface area (Å²) in [6.07, 6.45) is 9.02. The molecule has 0 aromatic heterocycles. The van der Waals surface area contributed by atoms with Gasteiger partial charge in [0.1, 0.15) is 5.78 Å². The number of amides is 1. The Labute approximate surface area is 155 Å². The predicted molar refractivity (Wildman–Crippen MR) is 106 cm³/mol. The Balaban J connectivity index is 2.07. The van der Waals surface area contributed by atoms with E-state index in [2.05, 4.69) is 25.7 Å². The van der Waals surface area contributed by atoms with Gasteiger partial charge in [-0.3, -0.25) is 9.59 Å². The molecule has 3 nitrogen and oxygen atoms in total. The van der Waals surface area contributed by atoms with E-state index in [4.69, 9.17) is 0 Å². The summed E-state index contributed by atoms with van der Waals surface area (Å²) < 4.78 is 0.